The van der Waals surface area contributed by atoms with Crippen molar-refractivity contribution in [3.63, 3.8) is 0 Å². The van der Waals surface area contributed by atoms with Gasteiger partial charge in [0.25, 0.3) is 0 Å². The number of hydrogen-bond donors (Lipinski definition) is 2. The number of aromatic nitrogens is 4. The highest BCUT2D eigenvalue weighted by molar-refractivity contribution is 6.00. The quantitative estimate of drug-likeness (QED) is 0.179. The van der Waals surface area contributed by atoms with Gasteiger partial charge in [-0.2, -0.15) is 0 Å². The molecule has 464 valence electrons. The number of fused-ring (bicyclic) bond motifs is 9. The number of hydrogen-bond acceptors (Lipinski definition) is 8. The normalized spacial score (nSPS) is 15.5. The molecule has 10 heteroatoms. The number of ether oxygens (including phenoxy) is 6. The molecule has 0 saturated heterocycles. The Bertz CT molecular complexity index is 3770. The van der Waals surface area contributed by atoms with Crippen molar-refractivity contribution in [3.05, 3.63) is 153 Å². The smallest absolute Gasteiger partial charge is 0.161 e. The minimum Gasteiger partial charge on any atom is -0.487 e. The van der Waals surface area contributed by atoms with Gasteiger partial charge in [0.05, 0.1) is 75.6 Å². The van der Waals surface area contributed by atoms with E-state index in [1.807, 2.05) is 6.07 Å². The van der Waals surface area contributed by atoms with Gasteiger partial charge in [0, 0.05) is 44.3 Å². The SMILES string of the molecule is CC(C)(C)c1cc(-c2c3nc(c(-c4cc(C(C)(C)C)cc(C(C)(C)C)c4)c4ccc([nH]4)c(-c4ccc5c(c4)OCCOCCOCCOCCOCCO5)c4nc(c(-c5cc(C(C)(C)C)cc(C(C)(C)C)c5)c5ccc2[nH]5)C=C4)C=C3)cc(C(C)(C)C)c1. The molecule has 0 saturated carbocycles. The number of aromatic amines is 2. The third-order valence-corrected chi connectivity index (χ3v) is 16.9. The Hall–Kier alpha value is -7.08. The second-order valence-electron chi connectivity index (χ2n) is 30.2. The molecule has 3 aromatic heterocycles. The zero-order chi connectivity index (χ0) is 63.1. The first kappa shape index (κ1) is 63.9. The summed E-state index contributed by atoms with van der Waals surface area (Å²) in [5.41, 5.74) is 22.0. The third-order valence-electron chi connectivity index (χ3n) is 16.9. The van der Waals surface area contributed by atoms with Gasteiger partial charge in [-0.05, 0) is 149 Å². The molecular formula is C78H96N4O6. The van der Waals surface area contributed by atoms with Gasteiger partial charge in [-0.15, -0.1) is 0 Å². The van der Waals surface area contributed by atoms with E-state index in [4.69, 9.17) is 38.4 Å². The van der Waals surface area contributed by atoms with Gasteiger partial charge >= 0.3 is 0 Å². The number of H-pyrrole nitrogens is 2. The van der Waals surface area contributed by atoms with E-state index >= 15 is 0 Å². The molecule has 10 nitrogen and oxygen atoms in total. The molecule has 88 heavy (non-hydrogen) atoms. The van der Waals surface area contributed by atoms with Crippen molar-refractivity contribution in [2.75, 3.05) is 66.1 Å². The van der Waals surface area contributed by atoms with Gasteiger partial charge in [0.2, 0.25) is 0 Å². The van der Waals surface area contributed by atoms with Crippen LogP contribution >= 0.6 is 0 Å². The summed E-state index contributed by atoms with van der Waals surface area (Å²) in [6.45, 7) is 45.7. The fourth-order valence-corrected chi connectivity index (χ4v) is 11.4. The number of nitrogens with one attached hydrogen (secondary N) is 2. The van der Waals surface area contributed by atoms with Crippen LogP contribution < -0.4 is 9.47 Å². The van der Waals surface area contributed by atoms with Crippen LogP contribution in [0.5, 0.6) is 11.5 Å². The first-order valence-corrected chi connectivity index (χ1v) is 31.8. The average Bonchev–Trinajstić information content (AvgIpc) is 1.69. The van der Waals surface area contributed by atoms with Crippen LogP contribution in [0.2, 0.25) is 0 Å². The Morgan fingerprint density at radius 1 is 0.273 bits per heavy atom. The van der Waals surface area contributed by atoms with Crippen molar-refractivity contribution in [1.82, 2.24) is 19.9 Å². The van der Waals surface area contributed by atoms with Gasteiger partial charge in [-0.3, -0.25) is 0 Å². The van der Waals surface area contributed by atoms with E-state index in [0.717, 1.165) is 89.4 Å². The maximum atomic E-state index is 6.64. The lowest BCUT2D eigenvalue weighted by Gasteiger charge is -2.26. The Balaban J connectivity index is 1.34. The number of rotatable bonds is 4. The second kappa shape index (κ2) is 25.1. The van der Waals surface area contributed by atoms with Crippen molar-refractivity contribution < 1.29 is 28.4 Å². The number of benzene rings is 4. The molecule has 2 N–H and O–H groups in total. The van der Waals surface area contributed by atoms with Crippen molar-refractivity contribution in [2.45, 2.75) is 157 Å². The van der Waals surface area contributed by atoms with Crippen LogP contribution in [-0.4, -0.2) is 86.0 Å². The summed E-state index contributed by atoms with van der Waals surface area (Å²) in [6.07, 6.45) is 8.80. The monoisotopic (exact) mass is 1180 g/mol. The predicted octanol–water partition coefficient (Wildman–Crippen LogP) is 18.9. The maximum Gasteiger partial charge on any atom is 0.161 e. The van der Waals surface area contributed by atoms with Crippen molar-refractivity contribution in [2.24, 2.45) is 0 Å². The zero-order valence-electron chi connectivity index (χ0n) is 56.0. The Kier molecular flexibility index (Phi) is 18.2. The highest BCUT2D eigenvalue weighted by Gasteiger charge is 2.28. The zero-order valence-corrected chi connectivity index (χ0v) is 56.0. The van der Waals surface area contributed by atoms with Crippen LogP contribution in [0.1, 0.15) is 181 Å². The minimum atomic E-state index is -0.138. The Morgan fingerprint density at radius 2 is 0.523 bits per heavy atom. The standard InChI is InChI=1S/C78H96N4O6/c1-73(2,3)53-39-50(40-54(46-53)74(4,5)6)70-61-22-20-59(79-61)69(49-19-28-67-68(45-49)88-38-36-86-34-32-84-30-29-83-31-33-85-35-37-87-67)60-21-23-62(80-60)71(51-41-55(75(7,8)9)47-56(42-51)76(10,11)12)64-25-27-66(82-64)72(65-26-24-63(70)81-65)52-43-57(77(13,14)15)48-58(44-52)78(16,17)18/h19-28,39-48,79,82H,29-38H2,1-18H3. The first-order chi connectivity index (χ1) is 41.4. The second-order valence-corrected chi connectivity index (χ2v) is 30.2. The van der Waals surface area contributed by atoms with Gasteiger partial charge in [0.1, 0.15) is 13.2 Å². The van der Waals surface area contributed by atoms with Crippen LogP contribution in [0.3, 0.4) is 0 Å². The highest BCUT2D eigenvalue weighted by atomic mass is 16.6. The van der Waals surface area contributed by atoms with Crippen LogP contribution in [0.25, 0.3) is 90.9 Å². The van der Waals surface area contributed by atoms with Gasteiger partial charge in [-0.1, -0.05) is 185 Å². The predicted molar refractivity (Wildman–Crippen MR) is 367 cm³/mol. The molecule has 7 aromatic rings. The summed E-state index contributed by atoms with van der Waals surface area (Å²) >= 11 is 0. The summed E-state index contributed by atoms with van der Waals surface area (Å²) in [7, 11) is 0. The van der Waals surface area contributed by atoms with Crippen LogP contribution in [0.15, 0.2) is 97.1 Å². The van der Waals surface area contributed by atoms with Crippen molar-refractivity contribution in [1.29, 1.82) is 0 Å². The summed E-state index contributed by atoms with van der Waals surface area (Å²) in [6, 6.07) is 36.6. The Labute approximate surface area is 524 Å². The molecule has 0 atom stereocenters. The van der Waals surface area contributed by atoms with Gasteiger partial charge in [0.15, 0.2) is 11.5 Å². The molecule has 0 aliphatic carbocycles. The molecule has 0 radical (unpaired) electrons. The fraction of sp³-hybridized carbons (Fsp3) is 0.436. The van der Waals surface area contributed by atoms with Crippen LogP contribution in [0, 0.1) is 0 Å². The molecule has 3 aliphatic rings. The van der Waals surface area contributed by atoms with Gasteiger partial charge in [-0.25, -0.2) is 9.97 Å². The highest BCUT2D eigenvalue weighted by Crippen LogP contribution is 2.45. The number of nitrogens with zero attached hydrogens (tertiary/aromatic N) is 2. The summed E-state index contributed by atoms with van der Waals surface area (Å²) in [4.78, 5) is 19.8. The van der Waals surface area contributed by atoms with E-state index < -0.39 is 0 Å². The molecule has 6 heterocycles. The van der Waals surface area contributed by atoms with Gasteiger partial charge < -0.3 is 38.4 Å². The van der Waals surface area contributed by atoms with E-state index in [-0.39, 0.29) is 32.5 Å². The Morgan fingerprint density at radius 3 is 0.795 bits per heavy atom. The molecule has 0 spiro atoms. The molecule has 8 bridgehead atoms. The molecular weight excluding hydrogens is 1090 g/mol. The molecule has 3 aliphatic heterocycles. The van der Waals surface area contributed by atoms with E-state index in [1.54, 1.807) is 0 Å². The molecule has 0 amide bonds. The lowest BCUT2D eigenvalue weighted by Crippen LogP contribution is -2.16. The first-order valence-electron chi connectivity index (χ1n) is 31.8. The lowest BCUT2D eigenvalue weighted by molar-refractivity contribution is -0.00841. The summed E-state index contributed by atoms with van der Waals surface area (Å²) in [5.74, 6) is 1.19. The average molecular weight is 1190 g/mol. The summed E-state index contributed by atoms with van der Waals surface area (Å²) in [5, 5.41) is 0. The van der Waals surface area contributed by atoms with Crippen molar-refractivity contribution in [3.8, 4) is 56.0 Å². The molecule has 0 unspecified atom stereocenters. The molecule has 10 rings (SSSR count). The lowest BCUT2D eigenvalue weighted by atomic mass is 9.78. The van der Waals surface area contributed by atoms with Crippen LogP contribution in [0.4, 0.5) is 0 Å². The third kappa shape index (κ3) is 14.6. The van der Waals surface area contributed by atoms with Crippen molar-refractivity contribution >= 4 is 46.4 Å². The van der Waals surface area contributed by atoms with E-state index in [0.29, 0.717) is 77.6 Å². The van der Waals surface area contributed by atoms with Crippen LogP contribution in [-0.2, 0) is 51.4 Å². The topological polar surface area (TPSA) is 113 Å². The summed E-state index contributed by atoms with van der Waals surface area (Å²) < 4.78 is 36.4. The van der Waals surface area contributed by atoms with E-state index in [9.17, 15) is 0 Å². The minimum absolute atomic E-state index is 0.124. The van der Waals surface area contributed by atoms with E-state index in [1.165, 1.54) is 33.4 Å². The maximum absolute atomic E-state index is 6.64. The molecule has 4 aromatic carbocycles. The largest absolute Gasteiger partial charge is 0.487 e. The van der Waals surface area contributed by atoms with E-state index in [2.05, 4.69) is 250 Å². The molecule has 0 fully saturated rings. The fourth-order valence-electron chi connectivity index (χ4n) is 11.4.